The third-order valence-corrected chi connectivity index (χ3v) is 9.59. The van der Waals surface area contributed by atoms with Gasteiger partial charge < -0.3 is 15.2 Å². The van der Waals surface area contributed by atoms with Gasteiger partial charge in [0.05, 0.1) is 29.3 Å². The maximum atomic E-state index is 14.0. The van der Waals surface area contributed by atoms with Crippen LogP contribution in [0.25, 0.3) is 10.6 Å². The minimum Gasteiger partial charge on any atom is -0.465 e. The molecule has 0 saturated heterocycles. The zero-order chi connectivity index (χ0) is 29.1. The van der Waals surface area contributed by atoms with Crippen molar-refractivity contribution in [3.63, 3.8) is 0 Å². The summed E-state index contributed by atoms with van der Waals surface area (Å²) in [6, 6.07) is 4.78. The molecular weight excluding hydrogens is 555 g/mol. The highest BCUT2D eigenvalue weighted by molar-refractivity contribution is 7.90. The number of esters is 1. The fraction of sp³-hybridized carbons (Fsp3) is 0.500. The van der Waals surface area contributed by atoms with Crippen molar-refractivity contribution < 1.29 is 27.4 Å². The molecular formula is C28H35FN4O5S2. The van der Waals surface area contributed by atoms with Crippen LogP contribution in [0.2, 0.25) is 0 Å². The lowest BCUT2D eigenvalue weighted by Crippen LogP contribution is -2.36. The number of carbonyl (C=O) groups excluding carboxylic acids is 1. The second-order valence-corrected chi connectivity index (χ2v) is 13.6. The smallest absolute Gasteiger partial charge is 0.308 e. The number of aryl methyl sites for hydroxylation is 1. The van der Waals surface area contributed by atoms with Gasteiger partial charge in [-0.25, -0.2) is 27.8 Å². The van der Waals surface area contributed by atoms with Gasteiger partial charge in [-0.3, -0.25) is 4.79 Å². The number of pyridine rings is 2. The molecule has 1 aliphatic rings. The van der Waals surface area contributed by atoms with Gasteiger partial charge in [-0.15, -0.1) is 11.3 Å². The molecule has 3 heterocycles. The lowest BCUT2D eigenvalue weighted by molar-refractivity contribution is -0.151. The van der Waals surface area contributed by atoms with E-state index in [9.17, 15) is 22.7 Å². The molecule has 9 nitrogen and oxygen atoms in total. The largest absolute Gasteiger partial charge is 0.465 e. The van der Waals surface area contributed by atoms with E-state index in [2.05, 4.69) is 27.2 Å². The van der Waals surface area contributed by atoms with Crippen LogP contribution < -0.4 is 5.32 Å². The number of nitrogens with one attached hydrogen (secondary N) is 1. The number of carbonyl (C=O) groups is 1. The number of nitrogens with zero attached hydrogens (tertiary/aromatic N) is 3. The third kappa shape index (κ3) is 7.02. The monoisotopic (exact) mass is 590 g/mol. The van der Waals surface area contributed by atoms with Crippen LogP contribution in [0.1, 0.15) is 62.9 Å². The van der Waals surface area contributed by atoms with E-state index in [1.165, 1.54) is 11.3 Å². The lowest BCUT2D eigenvalue weighted by atomic mass is 9.74. The number of rotatable bonds is 10. The Labute approximate surface area is 238 Å². The molecule has 3 aromatic heterocycles. The summed E-state index contributed by atoms with van der Waals surface area (Å²) < 4.78 is 43.1. The highest BCUT2D eigenvalue weighted by Crippen LogP contribution is 2.43. The number of aliphatic hydroxyl groups is 1. The molecule has 4 rings (SSSR count). The molecule has 1 fully saturated rings. The van der Waals surface area contributed by atoms with E-state index in [4.69, 9.17) is 4.74 Å². The zero-order valence-electron chi connectivity index (χ0n) is 23.1. The molecule has 0 unspecified atom stereocenters. The number of hydrogen-bond donors (Lipinski definition) is 2. The number of sulfone groups is 1. The molecule has 0 aromatic carbocycles. The molecule has 1 atom stereocenters. The van der Waals surface area contributed by atoms with Crippen molar-refractivity contribution in [2.75, 3.05) is 18.2 Å². The molecule has 12 heteroatoms. The normalized spacial score (nSPS) is 19.1. The van der Waals surface area contributed by atoms with Crippen LogP contribution >= 0.6 is 11.3 Å². The minimum absolute atomic E-state index is 0.0394. The van der Waals surface area contributed by atoms with Crippen molar-refractivity contribution in [3.05, 3.63) is 47.0 Å². The van der Waals surface area contributed by atoms with Crippen LogP contribution in [-0.4, -0.2) is 47.3 Å². The maximum Gasteiger partial charge on any atom is 0.308 e. The molecule has 0 aliphatic heterocycles. The van der Waals surface area contributed by atoms with Gasteiger partial charge in [-0.2, -0.15) is 0 Å². The van der Waals surface area contributed by atoms with Crippen molar-refractivity contribution >= 4 is 38.8 Å². The SMILES string of the molecule is CCCCOC(=O)C1CCC([C@@](C)(O)c2ncc(-c3cc(C)cc(Nc4cc(S(C)(=O)=O)c(F)cn4)n3)s2)CC1. The summed E-state index contributed by atoms with van der Waals surface area (Å²) in [5, 5.41) is 15.0. The molecule has 40 heavy (non-hydrogen) atoms. The first-order valence-corrected chi connectivity index (χ1v) is 16.1. The van der Waals surface area contributed by atoms with Gasteiger partial charge in [-0.1, -0.05) is 13.3 Å². The van der Waals surface area contributed by atoms with E-state index in [0.717, 1.165) is 41.8 Å². The molecule has 0 amide bonds. The van der Waals surface area contributed by atoms with E-state index in [0.29, 0.717) is 48.8 Å². The maximum absolute atomic E-state index is 14.0. The average Bonchev–Trinajstić information content (AvgIpc) is 3.41. The third-order valence-electron chi connectivity index (χ3n) is 7.23. The van der Waals surface area contributed by atoms with Crippen LogP contribution in [-0.2, 0) is 25.0 Å². The summed E-state index contributed by atoms with van der Waals surface area (Å²) in [6.07, 6.45) is 8.06. The van der Waals surface area contributed by atoms with E-state index in [1.807, 2.05) is 13.0 Å². The number of thiazole rings is 1. The Hall–Kier alpha value is -2.96. The Morgan fingerprint density at radius 1 is 1.18 bits per heavy atom. The molecule has 0 bridgehead atoms. The topological polar surface area (TPSA) is 131 Å². The lowest BCUT2D eigenvalue weighted by Gasteiger charge is -2.36. The van der Waals surface area contributed by atoms with Crippen LogP contribution in [0.3, 0.4) is 0 Å². The number of unbranched alkanes of at least 4 members (excludes halogenated alkanes) is 1. The van der Waals surface area contributed by atoms with Crippen LogP contribution in [0.4, 0.5) is 16.0 Å². The summed E-state index contributed by atoms with van der Waals surface area (Å²) in [6.45, 7) is 6.18. The van der Waals surface area contributed by atoms with Gasteiger partial charge in [-0.05, 0) is 69.6 Å². The molecule has 2 N–H and O–H groups in total. The first kappa shape index (κ1) is 30.0. The second kappa shape index (κ2) is 12.3. The molecule has 216 valence electrons. The molecule has 1 aliphatic carbocycles. The summed E-state index contributed by atoms with van der Waals surface area (Å²) in [5.41, 5.74) is 0.333. The Bertz CT molecular complexity index is 1470. The summed E-state index contributed by atoms with van der Waals surface area (Å²) >= 11 is 1.35. The van der Waals surface area contributed by atoms with Crippen molar-refractivity contribution in [3.8, 4) is 10.6 Å². The molecule has 3 aromatic rings. The highest BCUT2D eigenvalue weighted by atomic mass is 32.2. The van der Waals surface area contributed by atoms with Gasteiger partial charge in [0.25, 0.3) is 0 Å². The van der Waals surface area contributed by atoms with Gasteiger partial charge in [0.15, 0.2) is 15.7 Å². The van der Waals surface area contributed by atoms with Crippen molar-refractivity contribution in [1.29, 1.82) is 0 Å². The van der Waals surface area contributed by atoms with Crippen LogP contribution in [0.15, 0.2) is 35.5 Å². The predicted molar refractivity (Wildman–Crippen MR) is 152 cm³/mol. The van der Waals surface area contributed by atoms with E-state index >= 15 is 0 Å². The van der Waals surface area contributed by atoms with Crippen molar-refractivity contribution in [1.82, 2.24) is 15.0 Å². The Morgan fingerprint density at radius 2 is 1.90 bits per heavy atom. The molecule has 0 spiro atoms. The van der Waals surface area contributed by atoms with Gasteiger partial charge in [0, 0.05) is 18.5 Å². The molecule has 1 saturated carbocycles. The number of hydrogen-bond acceptors (Lipinski definition) is 10. The van der Waals surface area contributed by atoms with E-state index in [-0.39, 0.29) is 23.6 Å². The summed E-state index contributed by atoms with van der Waals surface area (Å²) in [5.74, 6) is -0.676. The summed E-state index contributed by atoms with van der Waals surface area (Å²) in [4.78, 5) is 25.7. The Morgan fingerprint density at radius 3 is 2.58 bits per heavy atom. The second-order valence-electron chi connectivity index (χ2n) is 10.6. The van der Waals surface area contributed by atoms with Crippen molar-refractivity contribution in [2.24, 2.45) is 11.8 Å². The predicted octanol–water partition coefficient (Wildman–Crippen LogP) is 5.55. The number of ether oxygens (including phenoxy) is 1. The van der Waals surface area contributed by atoms with Gasteiger partial charge in [0.2, 0.25) is 0 Å². The van der Waals surface area contributed by atoms with Crippen molar-refractivity contribution in [2.45, 2.75) is 69.8 Å². The quantitative estimate of drug-likeness (QED) is 0.230. The van der Waals surface area contributed by atoms with Crippen LogP contribution in [0.5, 0.6) is 0 Å². The first-order chi connectivity index (χ1) is 18.9. The number of aromatic nitrogens is 3. The fourth-order valence-electron chi connectivity index (χ4n) is 4.89. The van der Waals surface area contributed by atoms with Gasteiger partial charge >= 0.3 is 5.97 Å². The average molecular weight is 591 g/mol. The minimum atomic E-state index is -3.77. The van der Waals surface area contributed by atoms with Gasteiger partial charge in [0.1, 0.15) is 27.1 Å². The number of anilines is 2. The highest BCUT2D eigenvalue weighted by Gasteiger charge is 2.40. The first-order valence-electron chi connectivity index (χ1n) is 13.4. The van der Waals surface area contributed by atoms with Crippen LogP contribution in [0, 0.1) is 24.6 Å². The Kier molecular flexibility index (Phi) is 9.21. The Balaban J connectivity index is 1.47. The summed E-state index contributed by atoms with van der Waals surface area (Å²) in [7, 11) is -3.77. The van der Waals surface area contributed by atoms with E-state index in [1.54, 1.807) is 19.2 Å². The fourth-order valence-corrected chi connectivity index (χ4v) is 6.62. The standard InChI is InChI=1S/C28H35FN4O5S2/c1-5-6-11-38-26(34)18-7-9-19(10-8-18)28(3,35)27-31-16-22(39-27)21-12-17(2)13-25(32-21)33-24-14-23(40(4,36)37)20(29)15-30-24/h12-16,18-19,35H,5-11H2,1-4H3,(H,30,32,33)/t18?,19?,28-/m1/s1. The zero-order valence-corrected chi connectivity index (χ0v) is 24.7. The molecule has 0 radical (unpaired) electrons. The number of halogens is 1. The van der Waals surface area contributed by atoms with E-state index < -0.39 is 26.2 Å².